The molecular weight excluding hydrogens is 500 g/mol. The highest BCUT2D eigenvalue weighted by molar-refractivity contribution is 9.12. The molecule has 2 aliphatic carbocycles. The summed E-state index contributed by atoms with van der Waals surface area (Å²) in [6, 6.07) is 6.76. The first-order valence-electron chi connectivity index (χ1n) is 10.2. The summed E-state index contributed by atoms with van der Waals surface area (Å²) >= 11 is 7.43. The number of hydrogen-bond donors (Lipinski definition) is 1. The van der Waals surface area contributed by atoms with E-state index in [1.807, 2.05) is 45.0 Å². The molecule has 4 rings (SSSR count). The topological polar surface area (TPSA) is 66.5 Å². The molecule has 3 aliphatic rings. The molecule has 0 radical (unpaired) electrons. The Morgan fingerprint density at radius 1 is 1.10 bits per heavy atom. The zero-order valence-corrected chi connectivity index (χ0v) is 19.9. The maximum absolute atomic E-state index is 13.4. The summed E-state index contributed by atoms with van der Waals surface area (Å²) in [6.45, 7) is 5.94. The van der Waals surface area contributed by atoms with Crippen LogP contribution in [0.2, 0.25) is 0 Å². The van der Waals surface area contributed by atoms with Gasteiger partial charge in [-0.3, -0.25) is 19.3 Å². The van der Waals surface area contributed by atoms with Crippen molar-refractivity contribution in [3.63, 3.8) is 0 Å². The molecule has 3 fully saturated rings. The van der Waals surface area contributed by atoms with Crippen molar-refractivity contribution in [3.8, 4) is 0 Å². The van der Waals surface area contributed by atoms with Gasteiger partial charge in [-0.2, -0.15) is 0 Å². The average molecular weight is 526 g/mol. The van der Waals surface area contributed by atoms with Gasteiger partial charge in [0.15, 0.2) is 0 Å². The Kier molecular flexibility index (Phi) is 5.66. The molecule has 1 heterocycles. The Balaban J connectivity index is 1.62. The zero-order valence-electron chi connectivity index (χ0n) is 16.8. The summed E-state index contributed by atoms with van der Waals surface area (Å²) in [7, 11) is 0. The van der Waals surface area contributed by atoms with Gasteiger partial charge in [0.2, 0.25) is 17.7 Å². The Bertz CT molecular complexity index is 826. The highest BCUT2D eigenvalue weighted by Gasteiger charge is 2.67. The number of carbonyl (C=O) groups excluding carboxylic acids is 3. The van der Waals surface area contributed by atoms with E-state index in [1.165, 1.54) is 4.90 Å². The maximum atomic E-state index is 13.4. The van der Waals surface area contributed by atoms with Crippen molar-refractivity contribution in [2.75, 3.05) is 5.32 Å². The molecule has 3 amide bonds. The Morgan fingerprint density at radius 3 is 2.17 bits per heavy atom. The molecule has 0 unspecified atom stereocenters. The maximum Gasteiger partial charge on any atom is 0.247 e. The van der Waals surface area contributed by atoms with Crippen LogP contribution < -0.4 is 5.32 Å². The minimum atomic E-state index is -0.776. The van der Waals surface area contributed by atoms with Crippen molar-refractivity contribution in [1.29, 1.82) is 0 Å². The van der Waals surface area contributed by atoms with Crippen LogP contribution in [0.4, 0.5) is 5.69 Å². The van der Waals surface area contributed by atoms with E-state index in [1.54, 1.807) is 0 Å². The summed E-state index contributed by atoms with van der Waals surface area (Å²) in [4.78, 5) is 41.7. The van der Waals surface area contributed by atoms with Crippen LogP contribution in [0, 0.1) is 36.5 Å². The SMILES string of the molecule is Cc1ccccc1NC(=O)[C@H](CC(C)C)N1C(=O)[C@@H]2[C@H]3C[C@@H]([C@H](Br)[C@H]3Br)[C@@H]2C1=O. The second kappa shape index (κ2) is 7.80. The Labute approximate surface area is 188 Å². The summed E-state index contributed by atoms with van der Waals surface area (Å²) in [6.07, 6.45) is 1.34. The minimum absolute atomic E-state index is 0.148. The summed E-state index contributed by atoms with van der Waals surface area (Å²) in [5, 5.41) is 2.95. The van der Waals surface area contributed by atoms with Crippen molar-refractivity contribution in [1.82, 2.24) is 4.90 Å². The molecule has 2 saturated carbocycles. The fraction of sp³-hybridized carbons (Fsp3) is 0.591. The van der Waals surface area contributed by atoms with E-state index >= 15 is 0 Å². The first kappa shape index (κ1) is 21.0. The van der Waals surface area contributed by atoms with E-state index < -0.39 is 6.04 Å². The molecule has 7 atom stereocenters. The standard InChI is InChI=1S/C22H26Br2N2O3/c1-10(2)8-15(20(27)25-14-7-5-4-6-11(14)3)26-21(28)16-12-9-13(17(16)22(26)29)19(24)18(12)23/h4-7,10,12-13,15-19H,8-9H2,1-3H3,(H,25,27)/t12-,13-,15+,16-,17+,18+,19+/m1/s1. The van der Waals surface area contributed by atoms with Crippen LogP contribution >= 0.6 is 31.9 Å². The number of nitrogens with one attached hydrogen (secondary N) is 1. The number of para-hydroxylation sites is 1. The molecule has 7 heteroatoms. The second-order valence-corrected chi connectivity index (χ2v) is 11.1. The number of amides is 3. The lowest BCUT2D eigenvalue weighted by atomic mass is 9.81. The van der Waals surface area contributed by atoms with Gasteiger partial charge in [-0.15, -0.1) is 0 Å². The van der Waals surface area contributed by atoms with Crippen molar-refractivity contribution in [3.05, 3.63) is 29.8 Å². The van der Waals surface area contributed by atoms with Gasteiger partial charge in [-0.25, -0.2) is 0 Å². The van der Waals surface area contributed by atoms with Crippen molar-refractivity contribution in [2.24, 2.45) is 29.6 Å². The van der Waals surface area contributed by atoms with Crippen LogP contribution in [0.5, 0.6) is 0 Å². The molecular formula is C22H26Br2N2O3. The summed E-state index contributed by atoms with van der Waals surface area (Å²) in [5.41, 5.74) is 1.66. The molecule has 0 aromatic heterocycles. The lowest BCUT2D eigenvalue weighted by Gasteiger charge is -2.28. The Hall–Kier alpha value is -1.21. The number of nitrogens with zero attached hydrogens (tertiary/aromatic N) is 1. The quantitative estimate of drug-likeness (QED) is 0.464. The number of anilines is 1. The lowest BCUT2D eigenvalue weighted by Crippen LogP contribution is -2.49. The van der Waals surface area contributed by atoms with E-state index in [2.05, 4.69) is 37.2 Å². The van der Waals surface area contributed by atoms with Crippen LogP contribution in [0.25, 0.3) is 0 Å². The fourth-order valence-electron chi connectivity index (χ4n) is 5.38. The lowest BCUT2D eigenvalue weighted by molar-refractivity contribution is -0.147. The van der Waals surface area contributed by atoms with Crippen molar-refractivity contribution in [2.45, 2.75) is 49.3 Å². The number of carbonyl (C=O) groups is 3. The van der Waals surface area contributed by atoms with Crippen LogP contribution in [0.15, 0.2) is 24.3 Å². The van der Waals surface area contributed by atoms with E-state index in [-0.39, 0.29) is 57.0 Å². The van der Waals surface area contributed by atoms with Gasteiger partial charge in [-0.1, -0.05) is 63.9 Å². The molecule has 1 N–H and O–H groups in total. The van der Waals surface area contributed by atoms with E-state index in [4.69, 9.17) is 0 Å². The average Bonchev–Trinajstić information content (AvgIpc) is 3.27. The van der Waals surface area contributed by atoms with Gasteiger partial charge < -0.3 is 5.32 Å². The molecule has 1 aromatic rings. The smallest absolute Gasteiger partial charge is 0.247 e. The second-order valence-electron chi connectivity index (χ2n) is 9.00. The molecule has 5 nitrogen and oxygen atoms in total. The van der Waals surface area contributed by atoms with E-state index in [0.717, 1.165) is 12.0 Å². The third-order valence-corrected chi connectivity index (χ3v) is 9.94. The first-order valence-corrected chi connectivity index (χ1v) is 12.1. The van der Waals surface area contributed by atoms with Crippen LogP contribution in [-0.2, 0) is 14.4 Å². The largest absolute Gasteiger partial charge is 0.324 e. The number of rotatable bonds is 5. The first-order chi connectivity index (χ1) is 13.7. The number of fused-ring (bicyclic) bond motifs is 5. The molecule has 1 aliphatic heterocycles. The van der Waals surface area contributed by atoms with Gasteiger partial charge in [0.1, 0.15) is 6.04 Å². The number of imide groups is 1. The van der Waals surface area contributed by atoms with Crippen LogP contribution in [-0.4, -0.2) is 38.3 Å². The minimum Gasteiger partial charge on any atom is -0.324 e. The predicted octanol–water partition coefficient (Wildman–Crippen LogP) is 4.13. The van der Waals surface area contributed by atoms with Crippen molar-refractivity contribution < 1.29 is 14.4 Å². The fourth-order valence-corrected chi connectivity index (χ4v) is 7.26. The number of alkyl halides is 2. The highest BCUT2D eigenvalue weighted by Crippen LogP contribution is 2.60. The Morgan fingerprint density at radius 2 is 1.66 bits per heavy atom. The summed E-state index contributed by atoms with van der Waals surface area (Å²) < 4.78 is 0. The van der Waals surface area contributed by atoms with Gasteiger partial charge >= 0.3 is 0 Å². The molecule has 0 spiro atoms. The monoisotopic (exact) mass is 524 g/mol. The molecule has 29 heavy (non-hydrogen) atoms. The molecule has 1 aromatic carbocycles. The van der Waals surface area contributed by atoms with Gasteiger partial charge in [-0.05, 0) is 49.1 Å². The number of halogens is 2. The molecule has 1 saturated heterocycles. The van der Waals surface area contributed by atoms with Gasteiger partial charge in [0, 0.05) is 15.3 Å². The summed E-state index contributed by atoms with van der Waals surface area (Å²) in [5.74, 6) is -0.743. The number of likely N-dealkylation sites (tertiary alicyclic amines) is 1. The van der Waals surface area contributed by atoms with Crippen molar-refractivity contribution >= 4 is 55.3 Å². The van der Waals surface area contributed by atoms with Gasteiger partial charge in [0.05, 0.1) is 11.8 Å². The molecule has 156 valence electrons. The predicted molar refractivity (Wildman–Crippen MR) is 119 cm³/mol. The highest BCUT2D eigenvalue weighted by atomic mass is 79.9. The zero-order chi connectivity index (χ0) is 21.0. The molecule has 2 bridgehead atoms. The van der Waals surface area contributed by atoms with Crippen LogP contribution in [0.3, 0.4) is 0 Å². The third kappa shape index (κ3) is 3.38. The van der Waals surface area contributed by atoms with Gasteiger partial charge in [0.25, 0.3) is 0 Å². The van der Waals surface area contributed by atoms with E-state index in [0.29, 0.717) is 12.1 Å². The normalized spacial score (nSPS) is 34.1. The van der Waals surface area contributed by atoms with Crippen LogP contribution in [0.1, 0.15) is 32.3 Å². The number of hydrogen-bond acceptors (Lipinski definition) is 3. The number of aryl methyl sites for hydroxylation is 1. The number of benzene rings is 1. The van der Waals surface area contributed by atoms with E-state index in [9.17, 15) is 14.4 Å². The third-order valence-electron chi connectivity index (χ3n) is 6.73.